The zero-order valence-corrected chi connectivity index (χ0v) is 13.7. The van der Waals surface area contributed by atoms with E-state index in [1.807, 2.05) is 30.5 Å². The van der Waals surface area contributed by atoms with E-state index in [1.54, 1.807) is 0 Å². The quantitative estimate of drug-likeness (QED) is 0.812. The number of aryl methyl sites for hydroxylation is 1. The summed E-state index contributed by atoms with van der Waals surface area (Å²) in [7, 11) is 0. The summed E-state index contributed by atoms with van der Waals surface area (Å²) in [4.78, 5) is 0. The molecule has 1 saturated heterocycles. The van der Waals surface area contributed by atoms with Crippen LogP contribution in [0.4, 0.5) is 0 Å². The molecule has 0 amide bonds. The molecule has 0 radical (unpaired) electrons. The van der Waals surface area contributed by atoms with E-state index in [1.165, 1.54) is 11.4 Å². The fourth-order valence-corrected chi connectivity index (χ4v) is 2.84. The molecule has 0 aliphatic carbocycles. The normalized spacial score (nSPS) is 15.7. The first-order chi connectivity index (χ1) is 10.6. The van der Waals surface area contributed by atoms with Gasteiger partial charge in [0.2, 0.25) is 0 Å². The average molecular weight is 318 g/mol. The Bertz CT molecular complexity index is 670. The van der Waals surface area contributed by atoms with E-state index in [-0.39, 0.29) is 0 Å². The molecule has 2 aromatic rings. The molecule has 116 valence electrons. The minimum Gasteiger partial charge on any atom is -0.378 e. The van der Waals surface area contributed by atoms with Crippen LogP contribution in [0, 0.1) is 13.8 Å². The molecule has 1 aliphatic heterocycles. The first-order valence-electron chi connectivity index (χ1n) is 7.47. The number of ether oxygens (including phenoxy) is 1. The molecule has 0 N–H and O–H groups in total. The number of rotatable bonds is 3. The highest BCUT2D eigenvalue weighted by Crippen LogP contribution is 2.21. The lowest BCUT2D eigenvalue weighted by Crippen LogP contribution is -2.32. The van der Waals surface area contributed by atoms with Gasteiger partial charge in [-0.1, -0.05) is 11.6 Å². The zero-order valence-electron chi connectivity index (χ0n) is 12.9. The van der Waals surface area contributed by atoms with Crippen molar-refractivity contribution in [1.29, 1.82) is 0 Å². The van der Waals surface area contributed by atoms with Gasteiger partial charge in [0.05, 0.1) is 32.5 Å². The summed E-state index contributed by atoms with van der Waals surface area (Å²) in [6, 6.07) is 10.1. The van der Waals surface area contributed by atoms with Gasteiger partial charge in [-0.3, -0.25) is 5.01 Å². The van der Waals surface area contributed by atoms with Crippen LogP contribution in [0.5, 0.6) is 0 Å². The van der Waals surface area contributed by atoms with Crippen molar-refractivity contribution in [3.05, 3.63) is 52.3 Å². The number of hydrogen-bond donors (Lipinski definition) is 0. The lowest BCUT2D eigenvalue weighted by molar-refractivity contribution is 0.0397. The second-order valence-corrected chi connectivity index (χ2v) is 5.89. The predicted octanol–water partition coefficient (Wildman–Crippen LogP) is 3.41. The first-order valence-corrected chi connectivity index (χ1v) is 7.84. The van der Waals surface area contributed by atoms with Crippen molar-refractivity contribution >= 4 is 17.8 Å². The van der Waals surface area contributed by atoms with E-state index in [4.69, 9.17) is 16.3 Å². The van der Waals surface area contributed by atoms with Crippen molar-refractivity contribution < 1.29 is 4.74 Å². The van der Waals surface area contributed by atoms with Gasteiger partial charge in [-0.25, -0.2) is 0 Å². The second-order valence-electron chi connectivity index (χ2n) is 5.45. The molecule has 0 spiro atoms. The van der Waals surface area contributed by atoms with Crippen molar-refractivity contribution in [1.82, 2.24) is 9.58 Å². The number of hydrazone groups is 1. The molecule has 4 nitrogen and oxygen atoms in total. The molecule has 1 fully saturated rings. The highest BCUT2D eigenvalue weighted by molar-refractivity contribution is 6.30. The Kier molecular flexibility index (Phi) is 4.50. The topological polar surface area (TPSA) is 29.8 Å². The van der Waals surface area contributed by atoms with E-state index in [9.17, 15) is 0 Å². The largest absolute Gasteiger partial charge is 0.378 e. The number of morpholine rings is 1. The highest BCUT2D eigenvalue weighted by Gasteiger charge is 2.11. The van der Waals surface area contributed by atoms with Gasteiger partial charge in [0.1, 0.15) is 0 Å². The number of benzene rings is 1. The highest BCUT2D eigenvalue weighted by atomic mass is 35.5. The van der Waals surface area contributed by atoms with Crippen molar-refractivity contribution in [3.63, 3.8) is 0 Å². The van der Waals surface area contributed by atoms with Gasteiger partial charge in [0.15, 0.2) is 0 Å². The van der Waals surface area contributed by atoms with Crippen LogP contribution >= 0.6 is 11.6 Å². The monoisotopic (exact) mass is 317 g/mol. The third-order valence-electron chi connectivity index (χ3n) is 3.90. The lowest BCUT2D eigenvalue weighted by atomic mass is 10.2. The lowest BCUT2D eigenvalue weighted by Gasteiger charge is -2.23. The van der Waals surface area contributed by atoms with Crippen LogP contribution in [0.15, 0.2) is 35.4 Å². The Labute approximate surface area is 135 Å². The Balaban J connectivity index is 1.86. The molecule has 1 aromatic heterocycles. The van der Waals surface area contributed by atoms with Crippen molar-refractivity contribution in [2.75, 3.05) is 26.3 Å². The second kappa shape index (κ2) is 6.55. The Hall–Kier alpha value is -1.78. The van der Waals surface area contributed by atoms with Gasteiger partial charge in [0, 0.05) is 27.7 Å². The maximum Gasteiger partial charge on any atom is 0.0659 e. The molecule has 5 heteroatoms. The molecule has 3 rings (SSSR count). The van der Waals surface area contributed by atoms with E-state index in [0.717, 1.165) is 42.6 Å². The number of aromatic nitrogens is 1. The fourth-order valence-electron chi connectivity index (χ4n) is 2.72. The maximum absolute atomic E-state index is 5.97. The van der Waals surface area contributed by atoms with Crippen LogP contribution in [0.25, 0.3) is 5.69 Å². The van der Waals surface area contributed by atoms with E-state index < -0.39 is 0 Å². The zero-order chi connectivity index (χ0) is 15.5. The summed E-state index contributed by atoms with van der Waals surface area (Å²) in [6.07, 6.45) is 1.94. The Morgan fingerprint density at radius 2 is 1.82 bits per heavy atom. The third-order valence-corrected chi connectivity index (χ3v) is 4.15. The van der Waals surface area contributed by atoms with Crippen LogP contribution in [0.3, 0.4) is 0 Å². The van der Waals surface area contributed by atoms with Gasteiger partial charge in [0.25, 0.3) is 0 Å². The predicted molar refractivity (Wildman–Crippen MR) is 90.2 cm³/mol. The average Bonchev–Trinajstić information content (AvgIpc) is 2.82. The van der Waals surface area contributed by atoms with Crippen LogP contribution in [0.2, 0.25) is 5.02 Å². The minimum atomic E-state index is 0.750. The van der Waals surface area contributed by atoms with E-state index in [2.05, 4.69) is 34.6 Å². The van der Waals surface area contributed by atoms with Gasteiger partial charge >= 0.3 is 0 Å². The summed E-state index contributed by atoms with van der Waals surface area (Å²) in [5.41, 5.74) is 4.62. The molecule has 2 heterocycles. The SMILES string of the molecule is Cc1cc(C=NN2CCOCC2)c(C)n1-c1ccc(Cl)cc1. The molecule has 22 heavy (non-hydrogen) atoms. The first kappa shape index (κ1) is 15.1. The van der Waals surface area contributed by atoms with Crippen molar-refractivity contribution in [2.45, 2.75) is 13.8 Å². The van der Waals surface area contributed by atoms with Crippen molar-refractivity contribution in [2.24, 2.45) is 5.10 Å². The molecule has 1 aliphatic rings. The molecule has 0 atom stereocenters. The van der Waals surface area contributed by atoms with E-state index >= 15 is 0 Å². The molecular weight excluding hydrogens is 298 g/mol. The van der Waals surface area contributed by atoms with Crippen LogP contribution in [-0.4, -0.2) is 42.1 Å². The van der Waals surface area contributed by atoms with Crippen LogP contribution in [0.1, 0.15) is 17.0 Å². The number of halogens is 1. The maximum atomic E-state index is 5.97. The van der Waals surface area contributed by atoms with Crippen LogP contribution < -0.4 is 0 Å². The molecule has 0 unspecified atom stereocenters. The molecule has 0 saturated carbocycles. The standard InChI is InChI=1S/C17H20ClN3O/c1-13-11-15(12-19-20-7-9-22-10-8-20)14(2)21(13)17-5-3-16(18)4-6-17/h3-6,11-12H,7-10H2,1-2H3. The third kappa shape index (κ3) is 3.18. The van der Waals surface area contributed by atoms with Gasteiger partial charge in [-0.05, 0) is 44.2 Å². The van der Waals surface area contributed by atoms with Gasteiger partial charge < -0.3 is 9.30 Å². The molecule has 0 bridgehead atoms. The summed E-state index contributed by atoms with van der Waals surface area (Å²) in [6.45, 7) is 7.43. The summed E-state index contributed by atoms with van der Waals surface area (Å²) in [5, 5.41) is 7.37. The number of hydrogen-bond acceptors (Lipinski definition) is 3. The van der Waals surface area contributed by atoms with E-state index in [0.29, 0.717) is 0 Å². The summed E-state index contributed by atoms with van der Waals surface area (Å²) >= 11 is 5.97. The summed E-state index contributed by atoms with van der Waals surface area (Å²) in [5.74, 6) is 0. The number of nitrogens with zero attached hydrogens (tertiary/aromatic N) is 3. The van der Waals surface area contributed by atoms with Gasteiger partial charge in [-0.15, -0.1) is 0 Å². The fraction of sp³-hybridized carbons (Fsp3) is 0.353. The Morgan fingerprint density at radius 1 is 1.14 bits per heavy atom. The summed E-state index contributed by atoms with van der Waals surface area (Å²) < 4.78 is 7.55. The van der Waals surface area contributed by atoms with Crippen LogP contribution in [-0.2, 0) is 4.74 Å². The molecule has 1 aromatic carbocycles. The van der Waals surface area contributed by atoms with Crippen molar-refractivity contribution in [3.8, 4) is 5.69 Å². The Morgan fingerprint density at radius 3 is 2.50 bits per heavy atom. The smallest absolute Gasteiger partial charge is 0.0659 e. The van der Waals surface area contributed by atoms with Gasteiger partial charge in [-0.2, -0.15) is 5.10 Å². The molecular formula is C17H20ClN3O. The minimum absolute atomic E-state index is 0.750.